The Morgan fingerprint density at radius 2 is 1.31 bits per heavy atom. The predicted octanol–water partition coefficient (Wildman–Crippen LogP) is 4.15. The van der Waals surface area contributed by atoms with Crippen molar-refractivity contribution in [3.05, 3.63) is 90.5 Å². The molecule has 0 aromatic heterocycles. The third kappa shape index (κ3) is 5.67. The highest BCUT2D eigenvalue weighted by Crippen LogP contribution is 2.36. The van der Waals surface area contributed by atoms with Crippen molar-refractivity contribution >= 4 is 18.7 Å². The van der Waals surface area contributed by atoms with Crippen LogP contribution in [-0.4, -0.2) is 39.9 Å². The number of aliphatic hydroxyl groups is 1. The van der Waals surface area contributed by atoms with Gasteiger partial charge in [-0.3, -0.25) is 0 Å². The molecule has 3 aromatic rings. The average Bonchev–Trinajstić information content (AvgIpc) is 2.80. The van der Waals surface area contributed by atoms with E-state index < -0.39 is 14.4 Å². The molecule has 0 fully saturated rings. The van der Waals surface area contributed by atoms with E-state index in [1.165, 1.54) is 10.4 Å². The van der Waals surface area contributed by atoms with Gasteiger partial charge in [-0.05, 0) is 33.1 Å². The molecule has 4 nitrogen and oxygen atoms in total. The van der Waals surface area contributed by atoms with E-state index in [1.54, 1.807) is 7.11 Å². The fraction of sp³-hybridized carbons (Fsp3) is 0.333. The zero-order chi connectivity index (χ0) is 23.0. The van der Waals surface area contributed by atoms with Crippen LogP contribution in [0.2, 0.25) is 5.04 Å². The smallest absolute Gasteiger partial charge is 0.261 e. The predicted molar refractivity (Wildman–Crippen MR) is 132 cm³/mol. The van der Waals surface area contributed by atoms with Crippen LogP contribution >= 0.6 is 0 Å². The highest BCUT2D eigenvalue weighted by Gasteiger charge is 2.50. The first-order valence-corrected chi connectivity index (χ1v) is 12.9. The monoisotopic (exact) mass is 450 g/mol. The van der Waals surface area contributed by atoms with E-state index in [0.717, 1.165) is 11.3 Å². The molecule has 1 atom stereocenters. The maximum Gasteiger partial charge on any atom is 0.261 e. The summed E-state index contributed by atoms with van der Waals surface area (Å²) in [5.41, 5.74) is 1.03. The first-order valence-electron chi connectivity index (χ1n) is 11.0. The summed E-state index contributed by atoms with van der Waals surface area (Å²) in [6.07, 6.45) is -0.713. The SMILES string of the molecule is COc1ccc(COCC(O)CO[Si](c2ccccc2)(c2ccccc2)C(C)(C)C)cc1. The number of rotatable bonds is 10. The van der Waals surface area contributed by atoms with E-state index in [9.17, 15) is 5.11 Å². The lowest BCUT2D eigenvalue weighted by Crippen LogP contribution is -2.67. The van der Waals surface area contributed by atoms with Crippen molar-refractivity contribution < 1.29 is 19.0 Å². The molecule has 1 N–H and O–H groups in total. The van der Waals surface area contributed by atoms with Gasteiger partial charge in [0, 0.05) is 0 Å². The Labute approximate surface area is 192 Å². The second-order valence-electron chi connectivity index (χ2n) is 8.99. The largest absolute Gasteiger partial charge is 0.497 e. The topological polar surface area (TPSA) is 47.9 Å². The fourth-order valence-electron chi connectivity index (χ4n) is 4.07. The Balaban J connectivity index is 1.72. The Kier molecular flexibility index (Phi) is 8.26. The van der Waals surface area contributed by atoms with Gasteiger partial charge in [-0.15, -0.1) is 0 Å². The zero-order valence-corrected chi connectivity index (χ0v) is 20.5. The number of ether oxygens (including phenoxy) is 2. The molecule has 0 spiro atoms. The molecule has 0 saturated heterocycles. The van der Waals surface area contributed by atoms with Crippen molar-refractivity contribution in [2.75, 3.05) is 20.3 Å². The molecule has 170 valence electrons. The van der Waals surface area contributed by atoms with Gasteiger partial charge in [-0.25, -0.2) is 0 Å². The second kappa shape index (κ2) is 10.9. The first kappa shape index (κ1) is 24.2. The molecule has 0 aliphatic carbocycles. The van der Waals surface area contributed by atoms with Crippen molar-refractivity contribution in [2.24, 2.45) is 0 Å². The molecule has 0 radical (unpaired) electrons. The maximum atomic E-state index is 10.7. The average molecular weight is 451 g/mol. The lowest BCUT2D eigenvalue weighted by Gasteiger charge is -2.43. The van der Waals surface area contributed by atoms with Crippen molar-refractivity contribution in [1.29, 1.82) is 0 Å². The van der Waals surface area contributed by atoms with Gasteiger partial charge in [-0.2, -0.15) is 0 Å². The van der Waals surface area contributed by atoms with Crippen molar-refractivity contribution in [3.63, 3.8) is 0 Å². The lowest BCUT2D eigenvalue weighted by atomic mass is 10.2. The van der Waals surface area contributed by atoms with Gasteiger partial charge in [0.05, 0.1) is 33.0 Å². The fourth-order valence-corrected chi connectivity index (χ4v) is 8.66. The van der Waals surface area contributed by atoms with Crippen LogP contribution in [0, 0.1) is 0 Å². The van der Waals surface area contributed by atoms with E-state index in [2.05, 4.69) is 69.3 Å². The highest BCUT2D eigenvalue weighted by atomic mass is 28.4. The Morgan fingerprint density at radius 3 is 1.78 bits per heavy atom. The number of hydrogen-bond donors (Lipinski definition) is 1. The van der Waals surface area contributed by atoms with Crippen LogP contribution in [0.5, 0.6) is 5.75 Å². The summed E-state index contributed by atoms with van der Waals surface area (Å²) in [7, 11) is -1.01. The molecular formula is C27H34O4Si. The number of methoxy groups -OCH3 is 1. The minimum Gasteiger partial charge on any atom is -0.497 e. The summed E-state index contributed by atoms with van der Waals surface area (Å²) in [5.74, 6) is 0.812. The minimum absolute atomic E-state index is 0.126. The Bertz CT molecular complexity index is 897. The van der Waals surface area contributed by atoms with Gasteiger partial charge in [0.1, 0.15) is 5.75 Å². The van der Waals surface area contributed by atoms with Crippen LogP contribution in [0.15, 0.2) is 84.9 Å². The van der Waals surface area contributed by atoms with Crippen LogP contribution in [0.4, 0.5) is 0 Å². The third-order valence-electron chi connectivity index (χ3n) is 5.65. The normalized spacial score (nSPS) is 13.0. The Hall–Kier alpha value is -2.44. The first-order chi connectivity index (χ1) is 15.4. The molecule has 0 bridgehead atoms. The standard InChI is InChI=1S/C27H34O4Si/c1-27(2,3)32(25-11-7-5-8-12-25,26-13-9-6-10-14-26)31-21-23(28)20-30-19-22-15-17-24(29-4)18-16-22/h5-18,23,28H,19-21H2,1-4H3. The summed E-state index contributed by atoms with van der Waals surface area (Å²) in [6, 6.07) is 28.6. The second-order valence-corrected chi connectivity index (χ2v) is 13.3. The molecule has 0 aliphatic rings. The van der Waals surface area contributed by atoms with Gasteiger partial charge < -0.3 is 19.0 Å². The number of aliphatic hydroxyl groups excluding tert-OH is 1. The van der Waals surface area contributed by atoms with Crippen LogP contribution in [0.3, 0.4) is 0 Å². The molecule has 5 heteroatoms. The van der Waals surface area contributed by atoms with Crippen LogP contribution < -0.4 is 15.1 Å². The van der Waals surface area contributed by atoms with Gasteiger partial charge in [0.25, 0.3) is 8.32 Å². The molecule has 32 heavy (non-hydrogen) atoms. The molecule has 1 unspecified atom stereocenters. The molecule has 0 amide bonds. The van der Waals surface area contributed by atoms with Crippen molar-refractivity contribution in [2.45, 2.75) is 38.5 Å². The quantitative estimate of drug-likeness (QED) is 0.472. The highest BCUT2D eigenvalue weighted by molar-refractivity contribution is 6.99. The molecule has 0 aliphatic heterocycles. The van der Waals surface area contributed by atoms with Crippen molar-refractivity contribution in [3.8, 4) is 5.75 Å². The number of benzene rings is 3. The summed E-state index contributed by atoms with van der Waals surface area (Å²) < 4.78 is 17.7. The molecule has 3 rings (SSSR count). The molecular weight excluding hydrogens is 416 g/mol. The Morgan fingerprint density at radius 1 is 0.781 bits per heavy atom. The summed E-state index contributed by atoms with van der Waals surface area (Å²) in [4.78, 5) is 0. The summed E-state index contributed by atoms with van der Waals surface area (Å²) in [5, 5.41) is 13.0. The summed E-state index contributed by atoms with van der Waals surface area (Å²) in [6.45, 7) is 7.55. The van der Waals surface area contributed by atoms with Gasteiger partial charge in [-0.1, -0.05) is 93.6 Å². The lowest BCUT2D eigenvalue weighted by molar-refractivity contribution is 0.00353. The van der Waals surface area contributed by atoms with Gasteiger partial charge in [0.2, 0.25) is 0 Å². The van der Waals surface area contributed by atoms with Crippen LogP contribution in [0.1, 0.15) is 26.3 Å². The maximum absolute atomic E-state index is 10.7. The molecule has 0 heterocycles. The van der Waals surface area contributed by atoms with E-state index in [0.29, 0.717) is 6.61 Å². The molecule has 0 saturated carbocycles. The van der Waals surface area contributed by atoms with E-state index in [1.807, 2.05) is 36.4 Å². The summed E-state index contributed by atoms with van der Waals surface area (Å²) >= 11 is 0. The minimum atomic E-state index is -2.66. The van der Waals surface area contributed by atoms with Gasteiger partial charge >= 0.3 is 0 Å². The van der Waals surface area contributed by atoms with Crippen molar-refractivity contribution in [1.82, 2.24) is 0 Å². The molecule has 3 aromatic carbocycles. The van der Waals surface area contributed by atoms with Crippen LogP contribution in [0.25, 0.3) is 0 Å². The van der Waals surface area contributed by atoms with E-state index in [4.69, 9.17) is 13.9 Å². The number of hydrogen-bond acceptors (Lipinski definition) is 4. The van der Waals surface area contributed by atoms with Gasteiger partial charge in [0.15, 0.2) is 0 Å². The van der Waals surface area contributed by atoms with E-state index >= 15 is 0 Å². The van der Waals surface area contributed by atoms with E-state index in [-0.39, 0.29) is 18.3 Å². The third-order valence-corrected chi connectivity index (χ3v) is 10.7. The van der Waals surface area contributed by atoms with Crippen LogP contribution in [-0.2, 0) is 15.8 Å². The zero-order valence-electron chi connectivity index (χ0n) is 19.5.